The van der Waals surface area contributed by atoms with Crippen LogP contribution >= 0.6 is 11.6 Å². The van der Waals surface area contributed by atoms with Gasteiger partial charge in [-0.3, -0.25) is 9.59 Å². The van der Waals surface area contributed by atoms with Gasteiger partial charge in [-0.1, -0.05) is 29.8 Å². The monoisotopic (exact) mass is 494 g/mol. The lowest BCUT2D eigenvalue weighted by Crippen LogP contribution is -2.49. The zero-order valence-corrected chi connectivity index (χ0v) is 19.4. The zero-order valence-electron chi connectivity index (χ0n) is 18.6. The molecule has 0 aliphatic carbocycles. The van der Waals surface area contributed by atoms with E-state index in [0.717, 1.165) is 11.8 Å². The Morgan fingerprint density at radius 3 is 2.37 bits per heavy atom. The second-order valence-electron chi connectivity index (χ2n) is 8.42. The van der Waals surface area contributed by atoms with Gasteiger partial charge >= 0.3 is 0 Å². The Labute approximate surface area is 204 Å². The number of H-pyrrole nitrogens is 1. The lowest BCUT2D eigenvalue weighted by molar-refractivity contribution is 0.0740. The molecule has 1 aromatic heterocycles. The molecule has 178 valence electrons. The van der Waals surface area contributed by atoms with Gasteiger partial charge in [0.25, 0.3) is 11.5 Å². The van der Waals surface area contributed by atoms with E-state index in [1.807, 2.05) is 12.1 Å². The maximum absolute atomic E-state index is 14.7. The minimum Gasteiger partial charge on any atom is -0.368 e. The second-order valence-corrected chi connectivity index (χ2v) is 8.85. The summed E-state index contributed by atoms with van der Waals surface area (Å²) in [5, 5.41) is 8.25. The first-order chi connectivity index (χ1) is 16.9. The van der Waals surface area contributed by atoms with Gasteiger partial charge in [0, 0.05) is 48.7 Å². The number of amides is 1. The van der Waals surface area contributed by atoms with E-state index >= 15 is 0 Å². The van der Waals surface area contributed by atoms with Crippen LogP contribution in [0, 0.1) is 11.6 Å². The highest BCUT2D eigenvalue weighted by molar-refractivity contribution is 6.30. The van der Waals surface area contributed by atoms with Gasteiger partial charge in [0.15, 0.2) is 11.6 Å². The number of anilines is 1. The molecule has 6 nitrogen and oxygen atoms in total. The highest BCUT2D eigenvalue weighted by Crippen LogP contribution is 2.23. The number of aromatic amines is 1. The lowest BCUT2D eigenvalue weighted by atomic mass is 10.0. The number of aromatic nitrogens is 2. The van der Waals surface area contributed by atoms with E-state index in [1.165, 1.54) is 11.0 Å². The van der Waals surface area contributed by atoms with Crippen LogP contribution in [0.3, 0.4) is 0 Å². The Morgan fingerprint density at radius 2 is 1.66 bits per heavy atom. The van der Waals surface area contributed by atoms with Crippen molar-refractivity contribution in [3.63, 3.8) is 0 Å². The Bertz CT molecular complexity index is 1460. The summed E-state index contributed by atoms with van der Waals surface area (Å²) in [5.74, 6) is -2.82. The summed E-state index contributed by atoms with van der Waals surface area (Å²) in [6.45, 7) is 1.87. The Balaban J connectivity index is 1.37. The zero-order chi connectivity index (χ0) is 24.5. The van der Waals surface area contributed by atoms with E-state index < -0.39 is 17.5 Å². The van der Waals surface area contributed by atoms with Crippen molar-refractivity contribution in [3.8, 4) is 0 Å². The summed E-state index contributed by atoms with van der Waals surface area (Å²) in [6.07, 6.45) is 0.124. The molecule has 0 radical (unpaired) electrons. The molecule has 9 heteroatoms. The van der Waals surface area contributed by atoms with Crippen molar-refractivity contribution in [3.05, 3.63) is 104 Å². The Kier molecular flexibility index (Phi) is 6.21. The van der Waals surface area contributed by atoms with Crippen LogP contribution in [0.5, 0.6) is 0 Å². The van der Waals surface area contributed by atoms with Crippen molar-refractivity contribution in [1.82, 2.24) is 15.1 Å². The van der Waals surface area contributed by atoms with Crippen LogP contribution in [-0.4, -0.2) is 47.2 Å². The fraction of sp³-hybridized carbons (Fsp3) is 0.192. The van der Waals surface area contributed by atoms with Gasteiger partial charge in [0.05, 0.1) is 16.6 Å². The topological polar surface area (TPSA) is 69.3 Å². The third kappa shape index (κ3) is 4.61. The number of rotatable bonds is 4. The molecule has 5 rings (SSSR count). The summed E-state index contributed by atoms with van der Waals surface area (Å²) in [7, 11) is 0. The average Bonchev–Trinajstić information content (AvgIpc) is 2.88. The molecule has 35 heavy (non-hydrogen) atoms. The van der Waals surface area contributed by atoms with E-state index in [4.69, 9.17) is 11.6 Å². The van der Waals surface area contributed by atoms with E-state index in [-0.39, 0.29) is 17.5 Å². The SMILES string of the molecule is O=C(c1cc(Cc2n[nH]c(=O)c3ccccc23)cc(F)c1F)N1CCN(c2ccc(Cl)cc2)CC1. The van der Waals surface area contributed by atoms with Crippen LogP contribution in [0.2, 0.25) is 5.02 Å². The highest BCUT2D eigenvalue weighted by Gasteiger charge is 2.26. The number of hydrogen-bond acceptors (Lipinski definition) is 4. The molecular formula is C26H21ClF2N4O2. The number of piperazine rings is 1. The number of carbonyl (C=O) groups excluding carboxylic acids is 1. The molecule has 4 aromatic rings. The Hall–Kier alpha value is -3.78. The first kappa shape index (κ1) is 23.0. The molecule has 1 amide bonds. The van der Waals surface area contributed by atoms with Crippen molar-refractivity contribution >= 4 is 34.0 Å². The largest absolute Gasteiger partial charge is 0.368 e. The number of nitrogens with one attached hydrogen (secondary N) is 1. The molecule has 0 atom stereocenters. The predicted molar refractivity (Wildman–Crippen MR) is 131 cm³/mol. The van der Waals surface area contributed by atoms with Gasteiger partial charge in [0.2, 0.25) is 0 Å². The maximum Gasteiger partial charge on any atom is 0.272 e. The van der Waals surface area contributed by atoms with Gasteiger partial charge in [-0.15, -0.1) is 0 Å². The van der Waals surface area contributed by atoms with Crippen molar-refractivity contribution < 1.29 is 13.6 Å². The van der Waals surface area contributed by atoms with E-state index in [2.05, 4.69) is 15.1 Å². The molecule has 1 fully saturated rings. The quantitative estimate of drug-likeness (QED) is 0.456. The average molecular weight is 495 g/mol. The van der Waals surface area contributed by atoms with Crippen molar-refractivity contribution in [2.45, 2.75) is 6.42 Å². The van der Waals surface area contributed by atoms with Gasteiger partial charge in [-0.2, -0.15) is 5.10 Å². The van der Waals surface area contributed by atoms with Crippen LogP contribution in [0.4, 0.5) is 14.5 Å². The van der Waals surface area contributed by atoms with Crippen LogP contribution in [0.1, 0.15) is 21.6 Å². The van der Waals surface area contributed by atoms with Gasteiger partial charge < -0.3 is 9.80 Å². The summed E-state index contributed by atoms with van der Waals surface area (Å²) >= 11 is 5.95. The predicted octanol–water partition coefficient (Wildman–Crippen LogP) is 4.41. The molecule has 0 unspecified atom stereocenters. The first-order valence-electron chi connectivity index (χ1n) is 11.1. The third-order valence-corrected chi connectivity index (χ3v) is 6.48. The smallest absolute Gasteiger partial charge is 0.272 e. The van der Waals surface area contributed by atoms with Gasteiger partial charge in [-0.05, 0) is 48.0 Å². The van der Waals surface area contributed by atoms with Crippen LogP contribution in [0.25, 0.3) is 10.8 Å². The van der Waals surface area contributed by atoms with Crippen molar-refractivity contribution in [2.24, 2.45) is 0 Å². The molecule has 1 aliphatic heterocycles. The number of carbonyl (C=O) groups is 1. The number of hydrogen-bond donors (Lipinski definition) is 1. The highest BCUT2D eigenvalue weighted by atomic mass is 35.5. The minimum absolute atomic E-state index is 0.124. The van der Waals surface area contributed by atoms with Gasteiger partial charge in [0.1, 0.15) is 0 Å². The second kappa shape index (κ2) is 9.46. The third-order valence-electron chi connectivity index (χ3n) is 6.22. The van der Waals surface area contributed by atoms with Crippen molar-refractivity contribution in [2.75, 3.05) is 31.1 Å². The molecule has 3 aromatic carbocycles. The molecule has 1 N–H and O–H groups in total. The molecule has 2 heterocycles. The van der Waals surface area contributed by atoms with Crippen LogP contribution in [-0.2, 0) is 6.42 Å². The molecule has 1 aliphatic rings. The number of halogens is 3. The molecule has 0 spiro atoms. The number of nitrogens with zero attached hydrogens (tertiary/aromatic N) is 3. The first-order valence-corrected chi connectivity index (χ1v) is 11.5. The summed E-state index contributed by atoms with van der Waals surface area (Å²) in [6, 6.07) is 16.8. The van der Waals surface area contributed by atoms with Crippen LogP contribution in [0.15, 0.2) is 65.5 Å². The summed E-state index contributed by atoms with van der Waals surface area (Å²) in [4.78, 5) is 28.8. The summed E-state index contributed by atoms with van der Waals surface area (Å²) in [5.41, 5.74) is 1.23. The maximum atomic E-state index is 14.7. The fourth-order valence-corrected chi connectivity index (χ4v) is 4.52. The van der Waals surface area contributed by atoms with Gasteiger partial charge in [-0.25, -0.2) is 13.9 Å². The van der Waals surface area contributed by atoms with E-state index in [9.17, 15) is 18.4 Å². The lowest BCUT2D eigenvalue weighted by Gasteiger charge is -2.36. The summed E-state index contributed by atoms with van der Waals surface area (Å²) < 4.78 is 29.2. The minimum atomic E-state index is -1.17. The normalized spacial score (nSPS) is 13.9. The van der Waals surface area contributed by atoms with Crippen molar-refractivity contribution in [1.29, 1.82) is 0 Å². The Morgan fingerprint density at radius 1 is 0.971 bits per heavy atom. The van der Waals surface area contributed by atoms with Crippen LogP contribution < -0.4 is 10.5 Å². The number of benzene rings is 3. The number of fused-ring (bicyclic) bond motifs is 1. The van der Waals surface area contributed by atoms with E-state index in [1.54, 1.807) is 36.4 Å². The molecular weight excluding hydrogens is 474 g/mol. The molecule has 0 bridgehead atoms. The fourth-order valence-electron chi connectivity index (χ4n) is 4.39. The van der Waals surface area contributed by atoms with E-state index in [0.29, 0.717) is 53.2 Å². The molecule has 1 saturated heterocycles. The molecule has 0 saturated carbocycles. The standard InChI is InChI=1S/C26H21ClF2N4O2/c27-17-5-7-18(8-6-17)32-9-11-33(12-10-32)26(35)21-13-16(14-22(28)24(21)29)15-23-19-3-1-2-4-20(19)25(34)31-30-23/h1-8,13-14H,9-12,15H2,(H,31,34).